The van der Waals surface area contributed by atoms with Crippen LogP contribution in [0.5, 0.6) is 5.75 Å². The molecule has 0 spiro atoms. The molecule has 26 heavy (non-hydrogen) atoms. The minimum absolute atomic E-state index is 0.0420. The fraction of sp³-hybridized carbons (Fsp3) is 0.158. The van der Waals surface area contributed by atoms with Gasteiger partial charge in [0.05, 0.1) is 12.5 Å². The Labute approximate surface area is 147 Å². The number of benzene rings is 2. The molecule has 134 valence electrons. The van der Waals surface area contributed by atoms with Crippen molar-refractivity contribution in [3.8, 4) is 5.75 Å². The van der Waals surface area contributed by atoms with Crippen molar-refractivity contribution >= 4 is 16.8 Å². The summed E-state index contributed by atoms with van der Waals surface area (Å²) in [5.41, 5.74) is 0.488. The molecule has 5 nitrogen and oxygen atoms in total. The van der Waals surface area contributed by atoms with Gasteiger partial charge in [0.25, 0.3) is 5.56 Å². The van der Waals surface area contributed by atoms with Crippen LogP contribution in [0.4, 0.5) is 8.78 Å². The van der Waals surface area contributed by atoms with Gasteiger partial charge in [-0.05, 0) is 37.3 Å². The van der Waals surface area contributed by atoms with Crippen molar-refractivity contribution in [2.24, 2.45) is 0 Å². The number of carbonyl (C=O) groups is 1. The molecular formula is C19H16F2N2O3. The summed E-state index contributed by atoms with van der Waals surface area (Å²) in [6, 6.07) is 8.45. The molecule has 0 radical (unpaired) electrons. The third kappa shape index (κ3) is 3.72. The Bertz CT molecular complexity index is 1050. The van der Waals surface area contributed by atoms with Gasteiger partial charge in [0.15, 0.2) is 0 Å². The number of amides is 1. The van der Waals surface area contributed by atoms with E-state index in [1.165, 1.54) is 24.3 Å². The van der Waals surface area contributed by atoms with Crippen molar-refractivity contribution < 1.29 is 18.7 Å². The molecule has 1 heterocycles. The molecule has 0 bridgehead atoms. The first-order valence-corrected chi connectivity index (χ1v) is 7.93. The predicted molar refractivity (Wildman–Crippen MR) is 92.9 cm³/mol. The minimum atomic E-state index is -0.753. The van der Waals surface area contributed by atoms with Crippen LogP contribution in [0.2, 0.25) is 0 Å². The van der Waals surface area contributed by atoms with Gasteiger partial charge in [0, 0.05) is 28.1 Å². The van der Waals surface area contributed by atoms with Crippen molar-refractivity contribution in [1.82, 2.24) is 10.3 Å². The molecule has 1 atom stereocenters. The number of fused-ring (bicyclic) bond motifs is 1. The van der Waals surface area contributed by atoms with E-state index in [4.69, 9.17) is 0 Å². The Balaban J connectivity index is 1.78. The van der Waals surface area contributed by atoms with Gasteiger partial charge in [-0.2, -0.15) is 0 Å². The normalized spacial score (nSPS) is 12.1. The Kier molecular flexibility index (Phi) is 4.71. The standard InChI is InChI=1S/C19H16F2N2O3/c1-10(15-4-2-13(20)9-16(15)21)22-18(25)8-12-6-11-7-14(24)3-5-17(11)23-19(12)26/h2-7,9-10,24H,8H2,1H3,(H,22,25)(H,23,26)/t10-/m0/s1. The maximum atomic E-state index is 13.8. The highest BCUT2D eigenvalue weighted by Crippen LogP contribution is 2.19. The summed E-state index contributed by atoms with van der Waals surface area (Å²) in [5, 5.41) is 12.7. The molecule has 0 aliphatic heterocycles. The van der Waals surface area contributed by atoms with Crippen LogP contribution in [-0.2, 0) is 11.2 Å². The summed E-state index contributed by atoms with van der Waals surface area (Å²) in [4.78, 5) is 27.0. The molecule has 0 aliphatic carbocycles. The number of aromatic amines is 1. The maximum Gasteiger partial charge on any atom is 0.252 e. The summed E-state index contributed by atoms with van der Waals surface area (Å²) in [5.74, 6) is -1.89. The molecule has 0 aliphatic rings. The third-order valence-electron chi connectivity index (χ3n) is 4.06. The second-order valence-corrected chi connectivity index (χ2v) is 6.03. The van der Waals surface area contributed by atoms with Crippen molar-refractivity contribution in [1.29, 1.82) is 0 Å². The Morgan fingerprint density at radius 3 is 2.69 bits per heavy atom. The van der Waals surface area contributed by atoms with Crippen LogP contribution in [0.1, 0.15) is 24.1 Å². The first-order valence-electron chi connectivity index (χ1n) is 7.93. The topological polar surface area (TPSA) is 82.2 Å². The van der Waals surface area contributed by atoms with E-state index in [9.17, 15) is 23.5 Å². The van der Waals surface area contributed by atoms with E-state index < -0.39 is 29.1 Å². The second-order valence-electron chi connectivity index (χ2n) is 6.03. The van der Waals surface area contributed by atoms with Crippen LogP contribution in [0.25, 0.3) is 10.9 Å². The summed E-state index contributed by atoms with van der Waals surface area (Å²) < 4.78 is 26.8. The van der Waals surface area contributed by atoms with E-state index in [0.29, 0.717) is 10.9 Å². The highest BCUT2D eigenvalue weighted by Gasteiger charge is 2.16. The number of aromatic nitrogens is 1. The predicted octanol–water partition coefficient (Wildman–Crippen LogP) is 2.93. The van der Waals surface area contributed by atoms with Crippen molar-refractivity contribution in [2.75, 3.05) is 0 Å². The van der Waals surface area contributed by atoms with Gasteiger partial charge < -0.3 is 15.4 Å². The maximum absolute atomic E-state index is 13.8. The number of rotatable bonds is 4. The van der Waals surface area contributed by atoms with Crippen molar-refractivity contribution in [3.05, 3.63) is 75.6 Å². The number of phenols is 1. The molecule has 0 unspecified atom stereocenters. The number of H-pyrrole nitrogens is 1. The quantitative estimate of drug-likeness (QED) is 0.671. The highest BCUT2D eigenvalue weighted by molar-refractivity contribution is 5.83. The molecular weight excluding hydrogens is 342 g/mol. The van der Waals surface area contributed by atoms with Crippen LogP contribution in [0.15, 0.2) is 47.3 Å². The lowest BCUT2D eigenvalue weighted by Crippen LogP contribution is -2.30. The number of hydrogen-bond donors (Lipinski definition) is 3. The zero-order valence-corrected chi connectivity index (χ0v) is 13.8. The summed E-state index contributed by atoms with van der Waals surface area (Å²) in [7, 11) is 0. The fourth-order valence-corrected chi connectivity index (χ4v) is 2.77. The Morgan fingerprint density at radius 2 is 1.96 bits per heavy atom. The van der Waals surface area contributed by atoms with Crippen LogP contribution in [0.3, 0.4) is 0 Å². The van der Waals surface area contributed by atoms with E-state index in [0.717, 1.165) is 12.1 Å². The van der Waals surface area contributed by atoms with E-state index in [1.54, 1.807) is 13.0 Å². The fourth-order valence-electron chi connectivity index (χ4n) is 2.77. The van der Waals surface area contributed by atoms with Gasteiger partial charge in [-0.3, -0.25) is 9.59 Å². The average molecular weight is 358 g/mol. The third-order valence-corrected chi connectivity index (χ3v) is 4.06. The average Bonchev–Trinajstić information content (AvgIpc) is 2.55. The molecule has 0 saturated heterocycles. The smallest absolute Gasteiger partial charge is 0.252 e. The van der Waals surface area contributed by atoms with Crippen LogP contribution < -0.4 is 10.9 Å². The van der Waals surface area contributed by atoms with E-state index in [-0.39, 0.29) is 23.3 Å². The molecule has 3 aromatic rings. The Morgan fingerprint density at radius 1 is 1.19 bits per heavy atom. The number of nitrogens with one attached hydrogen (secondary N) is 2. The molecule has 0 fully saturated rings. The second kappa shape index (κ2) is 6.95. The lowest BCUT2D eigenvalue weighted by atomic mass is 10.1. The SMILES string of the molecule is C[C@H](NC(=O)Cc1cc2cc(O)ccc2[nH]c1=O)c1ccc(F)cc1F. The molecule has 3 rings (SSSR count). The van der Waals surface area contributed by atoms with Crippen LogP contribution in [0, 0.1) is 11.6 Å². The van der Waals surface area contributed by atoms with Crippen LogP contribution in [-0.4, -0.2) is 16.0 Å². The molecule has 1 aromatic heterocycles. The zero-order valence-electron chi connectivity index (χ0n) is 13.8. The van der Waals surface area contributed by atoms with E-state index >= 15 is 0 Å². The summed E-state index contributed by atoms with van der Waals surface area (Å²) in [6.45, 7) is 1.57. The van der Waals surface area contributed by atoms with Gasteiger partial charge in [-0.1, -0.05) is 6.07 Å². The first-order chi connectivity index (χ1) is 12.3. The first kappa shape index (κ1) is 17.6. The summed E-state index contributed by atoms with van der Waals surface area (Å²) in [6.07, 6.45) is -0.214. The van der Waals surface area contributed by atoms with E-state index in [2.05, 4.69) is 10.3 Å². The minimum Gasteiger partial charge on any atom is -0.508 e. The van der Waals surface area contributed by atoms with E-state index in [1.807, 2.05) is 0 Å². The zero-order chi connectivity index (χ0) is 18.8. The molecule has 3 N–H and O–H groups in total. The van der Waals surface area contributed by atoms with Gasteiger partial charge in [0.1, 0.15) is 17.4 Å². The lowest BCUT2D eigenvalue weighted by molar-refractivity contribution is -0.121. The monoisotopic (exact) mass is 358 g/mol. The van der Waals surface area contributed by atoms with Gasteiger partial charge in [-0.15, -0.1) is 0 Å². The van der Waals surface area contributed by atoms with Crippen LogP contribution >= 0.6 is 0 Å². The van der Waals surface area contributed by atoms with Crippen molar-refractivity contribution in [2.45, 2.75) is 19.4 Å². The molecule has 7 heteroatoms. The number of phenolic OH excluding ortho intramolecular Hbond substituents is 1. The van der Waals surface area contributed by atoms with Gasteiger partial charge >= 0.3 is 0 Å². The molecule has 2 aromatic carbocycles. The Hall–Kier alpha value is -3.22. The molecule has 0 saturated carbocycles. The number of hydrogen-bond acceptors (Lipinski definition) is 3. The van der Waals surface area contributed by atoms with Gasteiger partial charge in [0.2, 0.25) is 5.91 Å². The number of aromatic hydroxyl groups is 1. The summed E-state index contributed by atoms with van der Waals surface area (Å²) >= 11 is 0. The molecule has 1 amide bonds. The highest BCUT2D eigenvalue weighted by atomic mass is 19.1. The number of halogens is 2. The number of pyridine rings is 1. The van der Waals surface area contributed by atoms with Gasteiger partial charge in [-0.25, -0.2) is 8.78 Å². The van der Waals surface area contributed by atoms with Crippen molar-refractivity contribution in [3.63, 3.8) is 0 Å². The lowest BCUT2D eigenvalue weighted by Gasteiger charge is -2.15. The number of carbonyl (C=O) groups excluding carboxylic acids is 1. The largest absolute Gasteiger partial charge is 0.508 e.